The number of nitrogens with one attached hydrogen (secondary N) is 1. The molecule has 0 saturated carbocycles. The van der Waals surface area contributed by atoms with Gasteiger partial charge in [0.25, 0.3) is 0 Å². The molecule has 1 N–H and O–H groups in total. The number of anilines is 2. The van der Waals surface area contributed by atoms with Crippen LogP contribution in [0.4, 0.5) is 11.4 Å². The third kappa shape index (κ3) is 3.85. The van der Waals surface area contributed by atoms with Gasteiger partial charge in [-0.25, -0.2) is 0 Å². The zero-order chi connectivity index (χ0) is 13.7. The van der Waals surface area contributed by atoms with Gasteiger partial charge in [-0.05, 0) is 49.1 Å². The molecule has 0 radical (unpaired) electrons. The Bertz CT molecular complexity index is 496. The van der Waals surface area contributed by atoms with Crippen LogP contribution in [-0.4, -0.2) is 0 Å². The first-order chi connectivity index (χ1) is 9.19. The van der Waals surface area contributed by atoms with Gasteiger partial charge in [0.05, 0.1) is 0 Å². The van der Waals surface area contributed by atoms with Crippen LogP contribution in [-0.2, 0) is 0 Å². The van der Waals surface area contributed by atoms with Crippen LogP contribution in [0.3, 0.4) is 0 Å². The summed E-state index contributed by atoms with van der Waals surface area (Å²) >= 11 is 0. The van der Waals surface area contributed by atoms with Gasteiger partial charge < -0.3 is 5.32 Å². The molecule has 0 aliphatic carbocycles. The van der Waals surface area contributed by atoms with Gasteiger partial charge in [-0.3, -0.25) is 0 Å². The van der Waals surface area contributed by atoms with Gasteiger partial charge in [-0.15, -0.1) is 0 Å². The van der Waals surface area contributed by atoms with Crippen LogP contribution in [0.15, 0.2) is 48.5 Å². The molecule has 0 spiro atoms. The highest BCUT2D eigenvalue weighted by Crippen LogP contribution is 2.23. The van der Waals surface area contributed by atoms with Crippen molar-refractivity contribution in [2.75, 3.05) is 5.32 Å². The Morgan fingerprint density at radius 1 is 0.895 bits per heavy atom. The molecule has 1 nitrogen and oxygen atoms in total. The largest absolute Gasteiger partial charge is 0.356 e. The van der Waals surface area contributed by atoms with Crippen LogP contribution >= 0.6 is 0 Å². The SMILES string of the molecule is CCC[C@H](C)c1ccc(Nc2ccc(C)cc2)cc1. The van der Waals surface area contributed by atoms with E-state index in [2.05, 4.69) is 74.6 Å². The number of rotatable bonds is 5. The molecule has 2 rings (SSSR count). The normalized spacial score (nSPS) is 12.2. The molecule has 0 aliphatic rings. The maximum absolute atomic E-state index is 3.43. The summed E-state index contributed by atoms with van der Waals surface area (Å²) in [7, 11) is 0. The third-order valence-electron chi connectivity index (χ3n) is 3.54. The maximum atomic E-state index is 3.43. The average molecular weight is 253 g/mol. The summed E-state index contributed by atoms with van der Waals surface area (Å²) in [4.78, 5) is 0. The lowest BCUT2D eigenvalue weighted by molar-refractivity contribution is 0.665. The van der Waals surface area contributed by atoms with Crippen LogP contribution in [0.25, 0.3) is 0 Å². The van der Waals surface area contributed by atoms with E-state index in [1.165, 1.54) is 24.0 Å². The highest BCUT2D eigenvalue weighted by Gasteiger charge is 2.03. The second kappa shape index (κ2) is 6.42. The molecule has 0 aromatic heterocycles. The van der Waals surface area contributed by atoms with Crippen molar-refractivity contribution in [3.63, 3.8) is 0 Å². The molecule has 0 saturated heterocycles. The number of aryl methyl sites for hydroxylation is 1. The van der Waals surface area contributed by atoms with Gasteiger partial charge in [-0.1, -0.05) is 50.1 Å². The molecule has 0 bridgehead atoms. The zero-order valence-corrected chi connectivity index (χ0v) is 12.1. The third-order valence-corrected chi connectivity index (χ3v) is 3.54. The minimum absolute atomic E-state index is 0.651. The standard InChI is InChI=1S/C18H23N/c1-4-5-15(3)16-8-12-18(13-9-16)19-17-10-6-14(2)7-11-17/h6-13,15,19H,4-5H2,1-3H3/t15-/m0/s1. The Hall–Kier alpha value is -1.76. The second-order valence-corrected chi connectivity index (χ2v) is 5.30. The summed E-state index contributed by atoms with van der Waals surface area (Å²) in [5.74, 6) is 0.651. The topological polar surface area (TPSA) is 12.0 Å². The molecule has 1 heteroatoms. The smallest absolute Gasteiger partial charge is 0.0384 e. The fourth-order valence-corrected chi connectivity index (χ4v) is 2.30. The minimum Gasteiger partial charge on any atom is -0.356 e. The van der Waals surface area contributed by atoms with Crippen LogP contribution < -0.4 is 5.32 Å². The first-order valence-corrected chi connectivity index (χ1v) is 7.12. The van der Waals surface area contributed by atoms with Gasteiger partial charge in [0.1, 0.15) is 0 Å². The highest BCUT2D eigenvalue weighted by atomic mass is 14.9. The lowest BCUT2D eigenvalue weighted by Gasteiger charge is -2.12. The van der Waals surface area contributed by atoms with Gasteiger partial charge in [0.2, 0.25) is 0 Å². The van der Waals surface area contributed by atoms with Crippen LogP contribution in [0.1, 0.15) is 43.7 Å². The fourth-order valence-electron chi connectivity index (χ4n) is 2.30. The van der Waals surface area contributed by atoms with Crippen molar-refractivity contribution in [1.29, 1.82) is 0 Å². The van der Waals surface area contributed by atoms with E-state index in [0.717, 1.165) is 11.4 Å². The molecule has 2 aromatic rings. The molecular formula is C18H23N. The van der Waals surface area contributed by atoms with E-state index < -0.39 is 0 Å². The predicted molar refractivity (Wildman–Crippen MR) is 84.2 cm³/mol. The first kappa shape index (κ1) is 13.7. The number of benzene rings is 2. The maximum Gasteiger partial charge on any atom is 0.0384 e. The minimum atomic E-state index is 0.651. The van der Waals surface area contributed by atoms with Crippen molar-refractivity contribution < 1.29 is 0 Å². The summed E-state index contributed by atoms with van der Waals surface area (Å²) in [6.45, 7) is 6.64. The molecule has 1 atom stereocenters. The Labute approximate surface area is 116 Å². The lowest BCUT2D eigenvalue weighted by Crippen LogP contribution is -1.94. The van der Waals surface area contributed by atoms with E-state index in [0.29, 0.717) is 5.92 Å². The van der Waals surface area contributed by atoms with E-state index in [-0.39, 0.29) is 0 Å². The molecule has 0 amide bonds. The summed E-state index contributed by atoms with van der Waals surface area (Å²) in [6, 6.07) is 17.3. The van der Waals surface area contributed by atoms with Crippen LogP contribution in [0.2, 0.25) is 0 Å². The van der Waals surface area contributed by atoms with Crippen molar-refractivity contribution in [3.8, 4) is 0 Å². The summed E-state index contributed by atoms with van der Waals surface area (Å²) in [5, 5.41) is 3.43. The highest BCUT2D eigenvalue weighted by molar-refractivity contribution is 5.60. The molecule has 19 heavy (non-hydrogen) atoms. The van der Waals surface area contributed by atoms with E-state index >= 15 is 0 Å². The van der Waals surface area contributed by atoms with Crippen molar-refractivity contribution in [1.82, 2.24) is 0 Å². The Kier molecular flexibility index (Phi) is 4.62. The molecule has 0 heterocycles. The Morgan fingerprint density at radius 3 is 1.95 bits per heavy atom. The molecular weight excluding hydrogens is 230 g/mol. The van der Waals surface area contributed by atoms with Crippen molar-refractivity contribution in [3.05, 3.63) is 59.7 Å². The summed E-state index contributed by atoms with van der Waals surface area (Å²) in [6.07, 6.45) is 2.50. The quantitative estimate of drug-likeness (QED) is 0.726. The van der Waals surface area contributed by atoms with E-state index in [1.807, 2.05) is 0 Å². The second-order valence-electron chi connectivity index (χ2n) is 5.30. The van der Waals surface area contributed by atoms with Crippen LogP contribution in [0.5, 0.6) is 0 Å². The first-order valence-electron chi connectivity index (χ1n) is 7.12. The van der Waals surface area contributed by atoms with Crippen molar-refractivity contribution >= 4 is 11.4 Å². The fraction of sp³-hybridized carbons (Fsp3) is 0.333. The van der Waals surface area contributed by atoms with E-state index in [9.17, 15) is 0 Å². The summed E-state index contributed by atoms with van der Waals surface area (Å²) < 4.78 is 0. The number of hydrogen-bond acceptors (Lipinski definition) is 1. The van der Waals surface area contributed by atoms with Crippen molar-refractivity contribution in [2.45, 2.75) is 39.5 Å². The molecule has 0 aliphatic heterocycles. The molecule has 2 aromatic carbocycles. The van der Waals surface area contributed by atoms with Gasteiger partial charge in [-0.2, -0.15) is 0 Å². The van der Waals surface area contributed by atoms with Gasteiger partial charge >= 0.3 is 0 Å². The van der Waals surface area contributed by atoms with E-state index in [4.69, 9.17) is 0 Å². The van der Waals surface area contributed by atoms with Gasteiger partial charge in [0.15, 0.2) is 0 Å². The Morgan fingerprint density at radius 2 is 1.42 bits per heavy atom. The average Bonchev–Trinajstić information content (AvgIpc) is 2.42. The molecule has 0 unspecified atom stereocenters. The lowest BCUT2D eigenvalue weighted by atomic mass is 9.96. The monoisotopic (exact) mass is 253 g/mol. The number of hydrogen-bond donors (Lipinski definition) is 1. The zero-order valence-electron chi connectivity index (χ0n) is 12.1. The van der Waals surface area contributed by atoms with Crippen LogP contribution in [0, 0.1) is 6.92 Å². The summed E-state index contributed by atoms with van der Waals surface area (Å²) in [5.41, 5.74) is 5.00. The molecule has 100 valence electrons. The van der Waals surface area contributed by atoms with Gasteiger partial charge in [0, 0.05) is 11.4 Å². The van der Waals surface area contributed by atoms with Crippen molar-refractivity contribution in [2.24, 2.45) is 0 Å². The Balaban J connectivity index is 2.04. The molecule has 0 fully saturated rings. The van der Waals surface area contributed by atoms with E-state index in [1.54, 1.807) is 0 Å². The predicted octanol–water partition coefficient (Wildman–Crippen LogP) is 5.64.